The van der Waals surface area contributed by atoms with E-state index in [1.54, 1.807) is 59.5 Å². The number of hydrogen-bond donors (Lipinski definition) is 0. The molecule has 1 aliphatic heterocycles. The standard InChI is InChI=1S/C25H26FN3O4S/c1-33-24-10-6-5-9-23(24)29(34(31,32)22-7-3-2-4-8-22)19-25(30)28-17-15-27(16-18-28)21-13-11-20(26)12-14-21/h2-14H,15-19H2,1H3. The van der Waals surface area contributed by atoms with Crippen molar-refractivity contribution in [2.45, 2.75) is 4.90 Å². The molecule has 1 aliphatic rings. The highest BCUT2D eigenvalue weighted by Gasteiger charge is 2.31. The summed E-state index contributed by atoms with van der Waals surface area (Å²) in [6, 6.07) is 21.0. The predicted octanol–water partition coefficient (Wildman–Crippen LogP) is 3.38. The highest BCUT2D eigenvalue weighted by Crippen LogP contribution is 2.32. The molecule has 0 aromatic heterocycles. The Kier molecular flexibility index (Phi) is 7.02. The van der Waals surface area contributed by atoms with Crippen LogP contribution in [0.3, 0.4) is 0 Å². The summed E-state index contributed by atoms with van der Waals surface area (Å²) in [5, 5.41) is 0. The molecule has 9 heteroatoms. The van der Waals surface area contributed by atoms with Gasteiger partial charge in [0.15, 0.2) is 0 Å². The number of carbonyl (C=O) groups is 1. The van der Waals surface area contributed by atoms with Gasteiger partial charge in [-0.3, -0.25) is 9.10 Å². The van der Waals surface area contributed by atoms with Gasteiger partial charge < -0.3 is 14.5 Å². The Balaban J connectivity index is 1.55. The average Bonchev–Trinajstić information content (AvgIpc) is 2.88. The molecule has 7 nitrogen and oxygen atoms in total. The largest absolute Gasteiger partial charge is 0.495 e. The number of ether oxygens (including phenoxy) is 1. The maximum absolute atomic E-state index is 13.5. The van der Waals surface area contributed by atoms with E-state index in [0.717, 1.165) is 9.99 Å². The number of piperazine rings is 1. The number of nitrogens with zero attached hydrogens (tertiary/aromatic N) is 3. The fourth-order valence-electron chi connectivity index (χ4n) is 3.94. The molecule has 0 aliphatic carbocycles. The smallest absolute Gasteiger partial charge is 0.264 e. The summed E-state index contributed by atoms with van der Waals surface area (Å²) in [5.41, 5.74) is 1.18. The van der Waals surface area contributed by atoms with Crippen molar-refractivity contribution in [2.24, 2.45) is 0 Å². The van der Waals surface area contributed by atoms with E-state index in [1.807, 2.05) is 0 Å². The van der Waals surface area contributed by atoms with Crippen LogP contribution in [0.15, 0.2) is 83.8 Å². The molecule has 1 fully saturated rings. The number of sulfonamides is 1. The van der Waals surface area contributed by atoms with Crippen molar-refractivity contribution in [2.75, 3.05) is 49.0 Å². The first-order valence-corrected chi connectivity index (χ1v) is 12.3. The molecule has 0 atom stereocenters. The van der Waals surface area contributed by atoms with Crippen molar-refractivity contribution in [1.29, 1.82) is 0 Å². The fourth-order valence-corrected chi connectivity index (χ4v) is 5.39. The molecular weight excluding hydrogens is 457 g/mol. The number of methoxy groups -OCH3 is 1. The molecule has 178 valence electrons. The van der Waals surface area contributed by atoms with Gasteiger partial charge in [0.2, 0.25) is 5.91 Å². The second-order valence-corrected chi connectivity index (χ2v) is 9.70. The third-order valence-corrected chi connectivity index (χ3v) is 7.56. The molecule has 0 N–H and O–H groups in total. The maximum atomic E-state index is 13.5. The number of para-hydroxylation sites is 2. The first kappa shape index (κ1) is 23.6. The van der Waals surface area contributed by atoms with Gasteiger partial charge in [-0.25, -0.2) is 12.8 Å². The highest BCUT2D eigenvalue weighted by atomic mass is 32.2. The van der Waals surface area contributed by atoms with Crippen LogP contribution < -0.4 is 13.9 Å². The van der Waals surface area contributed by atoms with Crippen LogP contribution in [-0.2, 0) is 14.8 Å². The number of halogens is 1. The van der Waals surface area contributed by atoms with Gasteiger partial charge in [-0.15, -0.1) is 0 Å². The second kappa shape index (κ2) is 10.1. The SMILES string of the molecule is COc1ccccc1N(CC(=O)N1CCN(c2ccc(F)cc2)CC1)S(=O)(=O)c1ccccc1. The van der Waals surface area contributed by atoms with Gasteiger partial charge in [0, 0.05) is 31.9 Å². The van der Waals surface area contributed by atoms with E-state index in [0.29, 0.717) is 37.6 Å². The van der Waals surface area contributed by atoms with E-state index in [9.17, 15) is 17.6 Å². The summed E-state index contributed by atoms with van der Waals surface area (Å²) in [6.07, 6.45) is 0. The van der Waals surface area contributed by atoms with Gasteiger partial charge in [-0.05, 0) is 48.5 Å². The lowest BCUT2D eigenvalue weighted by Crippen LogP contribution is -2.52. The molecule has 34 heavy (non-hydrogen) atoms. The maximum Gasteiger partial charge on any atom is 0.264 e. The molecule has 0 spiro atoms. The first-order valence-electron chi connectivity index (χ1n) is 10.9. The monoisotopic (exact) mass is 483 g/mol. The van der Waals surface area contributed by atoms with Crippen molar-refractivity contribution >= 4 is 27.3 Å². The van der Waals surface area contributed by atoms with Gasteiger partial charge >= 0.3 is 0 Å². The number of benzene rings is 3. The number of amides is 1. The van der Waals surface area contributed by atoms with Gasteiger partial charge in [-0.2, -0.15) is 0 Å². The molecule has 0 unspecified atom stereocenters. The minimum Gasteiger partial charge on any atom is -0.495 e. The van der Waals surface area contributed by atoms with Crippen molar-refractivity contribution in [3.05, 3.63) is 84.7 Å². The summed E-state index contributed by atoms with van der Waals surface area (Å²) in [5.74, 6) is -0.242. The van der Waals surface area contributed by atoms with Gasteiger partial charge in [0.25, 0.3) is 10.0 Å². The molecule has 4 rings (SSSR count). The Bertz CT molecular complexity index is 1230. The number of hydrogen-bond acceptors (Lipinski definition) is 5. The molecular formula is C25H26FN3O4S. The average molecular weight is 484 g/mol. The van der Waals surface area contributed by atoms with E-state index in [1.165, 1.54) is 31.4 Å². The molecule has 1 amide bonds. The zero-order valence-electron chi connectivity index (χ0n) is 18.8. The fraction of sp³-hybridized carbons (Fsp3) is 0.240. The van der Waals surface area contributed by atoms with Crippen LogP contribution in [-0.4, -0.2) is 59.1 Å². The first-order chi connectivity index (χ1) is 16.4. The quantitative estimate of drug-likeness (QED) is 0.515. The van der Waals surface area contributed by atoms with Crippen LogP contribution >= 0.6 is 0 Å². The Morgan fingerprint density at radius 2 is 1.53 bits per heavy atom. The Labute approximate surface area is 199 Å². The minimum atomic E-state index is -4.02. The van der Waals surface area contributed by atoms with E-state index in [4.69, 9.17) is 4.74 Å². The van der Waals surface area contributed by atoms with Crippen molar-refractivity contribution < 1.29 is 22.3 Å². The Morgan fingerprint density at radius 1 is 0.912 bits per heavy atom. The topological polar surface area (TPSA) is 70.2 Å². The summed E-state index contributed by atoms with van der Waals surface area (Å²) in [6.45, 7) is 1.64. The molecule has 1 heterocycles. The van der Waals surface area contributed by atoms with Crippen LogP contribution in [0.5, 0.6) is 5.75 Å². The van der Waals surface area contributed by atoms with Crippen LogP contribution in [0.25, 0.3) is 0 Å². The summed E-state index contributed by atoms with van der Waals surface area (Å²) in [4.78, 5) is 17.1. The lowest BCUT2D eigenvalue weighted by atomic mass is 10.2. The molecule has 0 radical (unpaired) electrons. The van der Waals surface area contributed by atoms with Gasteiger partial charge in [0.1, 0.15) is 18.1 Å². The predicted molar refractivity (Wildman–Crippen MR) is 129 cm³/mol. The highest BCUT2D eigenvalue weighted by molar-refractivity contribution is 7.92. The van der Waals surface area contributed by atoms with Crippen LogP contribution in [0.2, 0.25) is 0 Å². The minimum absolute atomic E-state index is 0.0924. The van der Waals surface area contributed by atoms with Crippen molar-refractivity contribution in [3.63, 3.8) is 0 Å². The molecule has 3 aromatic carbocycles. The zero-order valence-corrected chi connectivity index (χ0v) is 19.6. The lowest BCUT2D eigenvalue weighted by Gasteiger charge is -2.37. The number of carbonyl (C=O) groups excluding carboxylic acids is 1. The zero-order chi connectivity index (χ0) is 24.1. The summed E-state index contributed by atoms with van der Waals surface area (Å²) < 4.78 is 46.8. The molecule has 0 bridgehead atoms. The van der Waals surface area contributed by atoms with Gasteiger partial charge in [0.05, 0.1) is 17.7 Å². The van der Waals surface area contributed by atoms with E-state index >= 15 is 0 Å². The van der Waals surface area contributed by atoms with Gasteiger partial charge in [-0.1, -0.05) is 30.3 Å². The summed E-state index contributed by atoms with van der Waals surface area (Å²) in [7, 11) is -2.56. The molecule has 3 aromatic rings. The molecule has 0 saturated carbocycles. The number of rotatable bonds is 7. The summed E-state index contributed by atoms with van der Waals surface area (Å²) >= 11 is 0. The van der Waals surface area contributed by atoms with E-state index in [2.05, 4.69) is 4.90 Å². The van der Waals surface area contributed by atoms with Crippen molar-refractivity contribution in [3.8, 4) is 5.75 Å². The Morgan fingerprint density at radius 3 is 2.18 bits per heavy atom. The number of anilines is 2. The second-order valence-electron chi connectivity index (χ2n) is 7.84. The van der Waals surface area contributed by atoms with Crippen LogP contribution in [0.1, 0.15) is 0 Å². The van der Waals surface area contributed by atoms with E-state index < -0.39 is 10.0 Å². The van der Waals surface area contributed by atoms with E-state index in [-0.39, 0.29) is 23.2 Å². The van der Waals surface area contributed by atoms with Crippen LogP contribution in [0.4, 0.5) is 15.8 Å². The Hall–Kier alpha value is -3.59. The third kappa shape index (κ3) is 4.99. The third-order valence-electron chi connectivity index (χ3n) is 5.79. The normalized spacial score (nSPS) is 14.1. The van der Waals surface area contributed by atoms with Crippen LogP contribution in [0, 0.1) is 5.82 Å². The van der Waals surface area contributed by atoms with Crippen molar-refractivity contribution in [1.82, 2.24) is 4.90 Å². The molecule has 1 saturated heterocycles. The lowest BCUT2D eigenvalue weighted by molar-refractivity contribution is -0.129.